The Balaban J connectivity index is 2.32. The fourth-order valence-corrected chi connectivity index (χ4v) is 2.47. The molecule has 0 aliphatic rings. The van der Waals surface area contributed by atoms with E-state index in [-0.39, 0.29) is 26.4 Å². The molecule has 0 bridgehead atoms. The van der Waals surface area contributed by atoms with Crippen molar-refractivity contribution in [1.82, 2.24) is 15.0 Å². The monoisotopic (exact) mass is 313 g/mol. The predicted molar refractivity (Wildman–Crippen MR) is 76.0 cm³/mol. The molecule has 0 atom stereocenters. The molecule has 19 heavy (non-hydrogen) atoms. The summed E-state index contributed by atoms with van der Waals surface area (Å²) in [5, 5.41) is 10.6. The molecule has 0 aliphatic carbocycles. The van der Waals surface area contributed by atoms with E-state index in [1.165, 1.54) is 6.07 Å². The highest BCUT2D eigenvalue weighted by Crippen LogP contribution is 2.43. The molecule has 0 radical (unpaired) electrons. The minimum atomic E-state index is -0.164. The molecule has 0 aliphatic heterocycles. The van der Waals surface area contributed by atoms with Gasteiger partial charge in [0, 0.05) is 6.20 Å². The summed E-state index contributed by atoms with van der Waals surface area (Å²) in [6, 6.07) is 3.13. The van der Waals surface area contributed by atoms with Crippen LogP contribution in [0.1, 0.15) is 0 Å². The maximum absolute atomic E-state index is 10.0. The number of H-pyrrole nitrogens is 1. The summed E-state index contributed by atoms with van der Waals surface area (Å²) < 4.78 is 0. The number of nitrogens with zero attached hydrogens (tertiary/aromatic N) is 2. The molecule has 1 aromatic carbocycles. The van der Waals surface area contributed by atoms with Crippen LogP contribution in [0.4, 0.5) is 0 Å². The Morgan fingerprint density at radius 3 is 2.68 bits per heavy atom. The van der Waals surface area contributed by atoms with Crippen molar-refractivity contribution in [2.24, 2.45) is 0 Å². The van der Waals surface area contributed by atoms with Crippen molar-refractivity contribution in [2.75, 3.05) is 0 Å². The number of aromatic hydroxyl groups is 1. The van der Waals surface area contributed by atoms with Crippen LogP contribution in [0.5, 0.6) is 5.75 Å². The summed E-state index contributed by atoms with van der Waals surface area (Å²) in [4.78, 5) is 11.3. The summed E-state index contributed by atoms with van der Waals surface area (Å²) in [5.41, 5.74) is 1.70. The highest BCUT2D eigenvalue weighted by atomic mass is 35.5. The Morgan fingerprint density at radius 2 is 1.95 bits per heavy atom. The summed E-state index contributed by atoms with van der Waals surface area (Å²) >= 11 is 18.0. The van der Waals surface area contributed by atoms with E-state index in [9.17, 15) is 5.11 Å². The molecule has 0 unspecified atom stereocenters. The van der Waals surface area contributed by atoms with E-state index in [0.29, 0.717) is 11.3 Å². The number of hydrogen-bond donors (Lipinski definition) is 2. The van der Waals surface area contributed by atoms with Crippen LogP contribution in [-0.4, -0.2) is 20.1 Å². The highest BCUT2D eigenvalue weighted by Gasteiger charge is 2.19. The lowest BCUT2D eigenvalue weighted by molar-refractivity contribution is 0.477. The number of aromatic nitrogens is 3. The van der Waals surface area contributed by atoms with Crippen LogP contribution in [0.25, 0.3) is 22.4 Å². The van der Waals surface area contributed by atoms with Gasteiger partial charge in [0.1, 0.15) is 11.6 Å². The number of rotatable bonds is 1. The van der Waals surface area contributed by atoms with Gasteiger partial charge in [0.15, 0.2) is 0 Å². The normalized spacial score (nSPS) is 11.1. The van der Waals surface area contributed by atoms with Crippen LogP contribution in [-0.2, 0) is 0 Å². The van der Waals surface area contributed by atoms with Crippen molar-refractivity contribution in [1.29, 1.82) is 0 Å². The van der Waals surface area contributed by atoms with Gasteiger partial charge in [0.25, 0.3) is 0 Å². The molecule has 0 saturated carbocycles. The Morgan fingerprint density at radius 1 is 1.16 bits per heavy atom. The average Bonchev–Trinajstić information content (AvgIpc) is 2.80. The average molecular weight is 315 g/mol. The smallest absolute Gasteiger partial charge is 0.146 e. The third-order valence-electron chi connectivity index (χ3n) is 2.67. The number of hydrogen-bond acceptors (Lipinski definition) is 3. The molecule has 96 valence electrons. The quantitative estimate of drug-likeness (QED) is 0.659. The molecule has 0 spiro atoms. The number of phenols is 1. The minimum absolute atomic E-state index is 0.114. The van der Waals surface area contributed by atoms with Gasteiger partial charge in [0.05, 0.1) is 37.9 Å². The van der Waals surface area contributed by atoms with Crippen molar-refractivity contribution in [3.05, 3.63) is 39.6 Å². The van der Waals surface area contributed by atoms with E-state index < -0.39 is 0 Å². The van der Waals surface area contributed by atoms with E-state index in [4.69, 9.17) is 34.8 Å². The fourth-order valence-electron chi connectivity index (χ4n) is 1.78. The molecule has 2 N–H and O–H groups in total. The lowest BCUT2D eigenvalue weighted by Gasteiger charge is -2.07. The van der Waals surface area contributed by atoms with Gasteiger partial charge in [-0.05, 0) is 12.1 Å². The SMILES string of the molecule is Oc1c(Cl)cc(Cl)c(Cl)c1-c1nc2ccncc2[nH]1. The van der Waals surface area contributed by atoms with Crippen molar-refractivity contribution in [3.8, 4) is 17.1 Å². The molecule has 2 heterocycles. The minimum Gasteiger partial charge on any atom is -0.506 e. The highest BCUT2D eigenvalue weighted by molar-refractivity contribution is 6.45. The number of halogens is 3. The third-order valence-corrected chi connectivity index (χ3v) is 3.74. The third kappa shape index (κ3) is 2.02. The number of phenolic OH excluding ortho intramolecular Hbond substituents is 1. The maximum Gasteiger partial charge on any atom is 0.146 e. The molecule has 2 aromatic heterocycles. The molecule has 0 saturated heterocycles. The molecule has 0 amide bonds. The second-order valence-electron chi connectivity index (χ2n) is 3.86. The van der Waals surface area contributed by atoms with Crippen LogP contribution in [0, 0.1) is 0 Å². The fraction of sp³-hybridized carbons (Fsp3) is 0. The van der Waals surface area contributed by atoms with Crippen LogP contribution in [0.3, 0.4) is 0 Å². The lowest BCUT2D eigenvalue weighted by Crippen LogP contribution is -1.86. The standard InChI is InChI=1S/C12H6Cl3N3O/c13-5-3-6(14)11(19)9(10(5)15)12-17-7-1-2-16-4-8(7)18-12/h1-4,19H,(H,17,18). The first kappa shape index (κ1) is 12.5. The Hall–Kier alpha value is -1.49. The summed E-state index contributed by atoms with van der Waals surface area (Å²) in [5.74, 6) is 0.220. The summed E-state index contributed by atoms with van der Waals surface area (Å²) in [6.07, 6.45) is 3.25. The van der Waals surface area contributed by atoms with Gasteiger partial charge in [-0.1, -0.05) is 34.8 Å². The number of aromatic amines is 1. The second-order valence-corrected chi connectivity index (χ2v) is 5.05. The van der Waals surface area contributed by atoms with Crippen LogP contribution < -0.4 is 0 Å². The Bertz CT molecular complexity index is 726. The van der Waals surface area contributed by atoms with Gasteiger partial charge < -0.3 is 10.1 Å². The van der Waals surface area contributed by atoms with Crippen molar-refractivity contribution in [3.63, 3.8) is 0 Å². The largest absolute Gasteiger partial charge is 0.506 e. The Kier molecular flexibility index (Phi) is 3.01. The number of benzene rings is 1. The van der Waals surface area contributed by atoms with Gasteiger partial charge in [-0.25, -0.2) is 4.98 Å². The van der Waals surface area contributed by atoms with Gasteiger partial charge in [-0.2, -0.15) is 0 Å². The van der Waals surface area contributed by atoms with Crippen molar-refractivity contribution in [2.45, 2.75) is 0 Å². The van der Waals surface area contributed by atoms with E-state index in [1.807, 2.05) is 0 Å². The van der Waals surface area contributed by atoms with E-state index in [2.05, 4.69) is 15.0 Å². The first-order chi connectivity index (χ1) is 9.08. The van der Waals surface area contributed by atoms with Crippen molar-refractivity contribution < 1.29 is 5.11 Å². The lowest BCUT2D eigenvalue weighted by atomic mass is 10.2. The zero-order valence-electron chi connectivity index (χ0n) is 9.28. The first-order valence-corrected chi connectivity index (χ1v) is 6.38. The molecule has 4 nitrogen and oxygen atoms in total. The Labute approximate surface area is 123 Å². The molecule has 7 heteroatoms. The maximum atomic E-state index is 10.0. The molecule has 3 rings (SSSR count). The molecular weight excluding hydrogens is 309 g/mol. The molecule has 3 aromatic rings. The van der Waals surface area contributed by atoms with E-state index in [1.54, 1.807) is 18.5 Å². The van der Waals surface area contributed by atoms with Gasteiger partial charge in [-0.3, -0.25) is 4.98 Å². The zero-order valence-corrected chi connectivity index (χ0v) is 11.6. The van der Waals surface area contributed by atoms with Gasteiger partial charge >= 0.3 is 0 Å². The van der Waals surface area contributed by atoms with Gasteiger partial charge in [0.2, 0.25) is 0 Å². The van der Waals surface area contributed by atoms with E-state index in [0.717, 1.165) is 5.52 Å². The van der Waals surface area contributed by atoms with Crippen molar-refractivity contribution >= 4 is 45.8 Å². The van der Waals surface area contributed by atoms with Crippen LogP contribution in [0.2, 0.25) is 15.1 Å². The predicted octanol–water partition coefficient (Wildman–Crippen LogP) is 4.29. The topological polar surface area (TPSA) is 61.8 Å². The van der Waals surface area contributed by atoms with Crippen LogP contribution in [0.15, 0.2) is 24.5 Å². The number of fused-ring (bicyclic) bond motifs is 1. The number of nitrogens with one attached hydrogen (secondary N) is 1. The molecular formula is C12H6Cl3N3O. The molecule has 0 fully saturated rings. The number of imidazole rings is 1. The number of pyridine rings is 1. The van der Waals surface area contributed by atoms with Gasteiger partial charge in [-0.15, -0.1) is 0 Å². The summed E-state index contributed by atoms with van der Waals surface area (Å²) in [6.45, 7) is 0. The van der Waals surface area contributed by atoms with Crippen LogP contribution >= 0.6 is 34.8 Å². The van der Waals surface area contributed by atoms with E-state index >= 15 is 0 Å². The first-order valence-electron chi connectivity index (χ1n) is 5.24. The summed E-state index contributed by atoms with van der Waals surface area (Å²) in [7, 11) is 0. The zero-order chi connectivity index (χ0) is 13.6. The second kappa shape index (κ2) is 4.56.